The lowest BCUT2D eigenvalue weighted by molar-refractivity contribution is -0.137. The molecule has 2 heterocycles. The highest BCUT2D eigenvalue weighted by Gasteiger charge is 2.31. The van der Waals surface area contributed by atoms with E-state index < -0.39 is 11.7 Å². The van der Waals surface area contributed by atoms with E-state index in [2.05, 4.69) is 15.0 Å². The van der Waals surface area contributed by atoms with Crippen LogP contribution in [0.3, 0.4) is 0 Å². The number of hydrogen-bond acceptors (Lipinski definition) is 2. The van der Waals surface area contributed by atoms with Crippen LogP contribution in [-0.2, 0) is 12.7 Å². The van der Waals surface area contributed by atoms with Gasteiger partial charge in [0.15, 0.2) is 5.65 Å². The molecule has 0 N–H and O–H groups in total. The van der Waals surface area contributed by atoms with Crippen molar-refractivity contribution in [2.75, 3.05) is 0 Å². The summed E-state index contributed by atoms with van der Waals surface area (Å²) in [5.41, 5.74) is 7.82. The van der Waals surface area contributed by atoms with E-state index in [1.165, 1.54) is 6.20 Å². The van der Waals surface area contributed by atoms with Gasteiger partial charge in [0, 0.05) is 17.3 Å². The smallest absolute Gasteiger partial charge is 0.305 e. The van der Waals surface area contributed by atoms with Gasteiger partial charge in [-0.3, -0.25) is 0 Å². The Morgan fingerprint density at radius 1 is 1.44 bits per heavy atom. The van der Waals surface area contributed by atoms with Gasteiger partial charge in [-0.15, -0.1) is 0 Å². The Morgan fingerprint density at radius 3 is 2.78 bits per heavy atom. The predicted octanol–water partition coefficient (Wildman–Crippen LogP) is 3.82. The van der Waals surface area contributed by atoms with Crippen LogP contribution in [0.5, 0.6) is 0 Å². The largest absolute Gasteiger partial charge is 0.417 e. The van der Waals surface area contributed by atoms with Gasteiger partial charge in [0.05, 0.1) is 22.8 Å². The average molecular weight is 276 g/mol. The molecular formula is C9H5ClF3N5. The van der Waals surface area contributed by atoms with Crippen molar-refractivity contribution >= 4 is 17.2 Å². The van der Waals surface area contributed by atoms with E-state index in [0.29, 0.717) is 5.69 Å². The van der Waals surface area contributed by atoms with E-state index in [1.807, 2.05) is 0 Å². The maximum absolute atomic E-state index is 12.5. The number of pyridine rings is 1. The van der Waals surface area contributed by atoms with Gasteiger partial charge in [-0.1, -0.05) is 16.7 Å². The van der Waals surface area contributed by atoms with Gasteiger partial charge in [0.25, 0.3) is 0 Å². The summed E-state index contributed by atoms with van der Waals surface area (Å²) in [6.45, 7) is -0.0458. The molecule has 94 valence electrons. The summed E-state index contributed by atoms with van der Waals surface area (Å²) in [7, 11) is 0. The molecule has 0 atom stereocenters. The van der Waals surface area contributed by atoms with Gasteiger partial charge in [0.2, 0.25) is 0 Å². The Labute approximate surface area is 103 Å². The molecule has 0 aliphatic heterocycles. The second-order valence-electron chi connectivity index (χ2n) is 3.43. The molecule has 0 aromatic carbocycles. The lowest BCUT2D eigenvalue weighted by Gasteiger charge is -2.07. The van der Waals surface area contributed by atoms with Gasteiger partial charge in [-0.2, -0.15) is 13.2 Å². The minimum absolute atomic E-state index is 0.0458. The lowest BCUT2D eigenvalue weighted by atomic mass is 10.3. The molecule has 0 aliphatic rings. The number of fused-ring (bicyclic) bond motifs is 1. The molecule has 2 aromatic rings. The standard InChI is InChI=1S/C9H5ClF3N5/c10-7-1-5(9(11,12)13)3-18-4-6(2-15-17-14)16-8(7)18/h1,3-4H,2H2. The van der Waals surface area contributed by atoms with Crippen LogP contribution >= 0.6 is 11.6 Å². The fourth-order valence-electron chi connectivity index (χ4n) is 1.44. The van der Waals surface area contributed by atoms with E-state index in [4.69, 9.17) is 17.1 Å². The zero-order chi connectivity index (χ0) is 13.3. The fourth-order valence-corrected chi connectivity index (χ4v) is 1.70. The van der Waals surface area contributed by atoms with Crippen molar-refractivity contribution in [3.05, 3.63) is 45.2 Å². The summed E-state index contributed by atoms with van der Waals surface area (Å²) >= 11 is 5.73. The van der Waals surface area contributed by atoms with Crippen LogP contribution in [0, 0.1) is 0 Å². The Balaban J connectivity index is 2.55. The number of alkyl halides is 3. The first-order valence-electron chi connectivity index (χ1n) is 4.67. The van der Waals surface area contributed by atoms with Crippen molar-refractivity contribution in [3.8, 4) is 0 Å². The highest BCUT2D eigenvalue weighted by molar-refractivity contribution is 6.33. The summed E-state index contributed by atoms with van der Waals surface area (Å²) < 4.78 is 38.8. The number of imidazole rings is 1. The van der Waals surface area contributed by atoms with Crippen LogP contribution in [0.1, 0.15) is 11.3 Å². The molecule has 0 unspecified atom stereocenters. The minimum atomic E-state index is -4.48. The average Bonchev–Trinajstić information content (AvgIpc) is 2.68. The van der Waals surface area contributed by atoms with E-state index in [1.54, 1.807) is 0 Å². The number of rotatable bonds is 2. The van der Waals surface area contributed by atoms with Crippen LogP contribution in [0.25, 0.3) is 16.1 Å². The third-order valence-electron chi connectivity index (χ3n) is 2.18. The van der Waals surface area contributed by atoms with Gasteiger partial charge >= 0.3 is 6.18 Å². The summed E-state index contributed by atoms with van der Waals surface area (Å²) in [5, 5.41) is 3.16. The summed E-state index contributed by atoms with van der Waals surface area (Å²) in [4.78, 5) is 6.51. The van der Waals surface area contributed by atoms with Crippen molar-refractivity contribution in [3.63, 3.8) is 0 Å². The molecule has 0 saturated heterocycles. The number of halogens is 4. The van der Waals surface area contributed by atoms with Crippen LogP contribution in [-0.4, -0.2) is 9.38 Å². The molecule has 0 radical (unpaired) electrons. The van der Waals surface area contributed by atoms with Gasteiger partial charge in [-0.25, -0.2) is 4.98 Å². The first kappa shape index (κ1) is 12.5. The number of hydrogen-bond donors (Lipinski definition) is 0. The first-order chi connectivity index (χ1) is 8.41. The van der Waals surface area contributed by atoms with Gasteiger partial charge < -0.3 is 4.40 Å². The lowest BCUT2D eigenvalue weighted by Crippen LogP contribution is -2.06. The molecule has 0 bridgehead atoms. The zero-order valence-electron chi connectivity index (χ0n) is 8.69. The second-order valence-corrected chi connectivity index (χ2v) is 3.83. The van der Waals surface area contributed by atoms with E-state index in [-0.39, 0.29) is 17.2 Å². The number of azide groups is 1. The molecule has 0 amide bonds. The predicted molar refractivity (Wildman–Crippen MR) is 58.1 cm³/mol. The molecule has 0 fully saturated rings. The third kappa shape index (κ3) is 2.34. The monoisotopic (exact) mass is 275 g/mol. The van der Waals surface area contributed by atoms with Gasteiger partial charge in [0.1, 0.15) is 0 Å². The molecule has 9 heteroatoms. The quantitative estimate of drug-likeness (QED) is 0.467. The molecule has 0 aliphatic carbocycles. The Bertz CT molecular complexity index is 641. The fraction of sp³-hybridized carbons (Fsp3) is 0.222. The Morgan fingerprint density at radius 2 is 2.17 bits per heavy atom. The number of aromatic nitrogens is 2. The van der Waals surface area contributed by atoms with E-state index >= 15 is 0 Å². The highest BCUT2D eigenvalue weighted by atomic mass is 35.5. The molecule has 5 nitrogen and oxygen atoms in total. The van der Waals surface area contributed by atoms with Crippen LogP contribution in [0.2, 0.25) is 5.02 Å². The maximum Gasteiger partial charge on any atom is 0.417 e. The molecule has 18 heavy (non-hydrogen) atoms. The highest BCUT2D eigenvalue weighted by Crippen LogP contribution is 2.32. The van der Waals surface area contributed by atoms with Crippen molar-refractivity contribution in [2.45, 2.75) is 12.7 Å². The molecule has 2 rings (SSSR count). The third-order valence-corrected chi connectivity index (χ3v) is 2.46. The molecule has 2 aromatic heterocycles. The van der Waals surface area contributed by atoms with Crippen molar-refractivity contribution in [1.82, 2.24) is 9.38 Å². The Hall–Kier alpha value is -1.92. The van der Waals surface area contributed by atoms with E-state index in [9.17, 15) is 13.2 Å². The first-order valence-corrected chi connectivity index (χ1v) is 5.05. The summed E-state index contributed by atoms with van der Waals surface area (Å²) in [5.74, 6) is 0. The normalized spacial score (nSPS) is 11.6. The van der Waals surface area contributed by atoms with Crippen LogP contribution in [0.15, 0.2) is 23.6 Å². The Kier molecular flexibility index (Phi) is 3.06. The maximum atomic E-state index is 12.5. The molecule has 0 spiro atoms. The van der Waals surface area contributed by atoms with Crippen molar-refractivity contribution in [2.24, 2.45) is 5.11 Å². The SMILES string of the molecule is [N-]=[N+]=NCc1cn2cc(C(F)(F)F)cc(Cl)c2n1. The van der Waals surface area contributed by atoms with Crippen LogP contribution in [0.4, 0.5) is 13.2 Å². The zero-order valence-corrected chi connectivity index (χ0v) is 9.44. The summed E-state index contributed by atoms with van der Waals surface area (Å²) in [6.07, 6.45) is -2.26. The molecule has 0 saturated carbocycles. The second kappa shape index (κ2) is 4.40. The van der Waals surface area contributed by atoms with Gasteiger partial charge in [-0.05, 0) is 11.6 Å². The molecular weight excluding hydrogens is 271 g/mol. The van der Waals surface area contributed by atoms with Crippen molar-refractivity contribution < 1.29 is 13.2 Å². The minimum Gasteiger partial charge on any atom is -0.305 e. The summed E-state index contributed by atoms with van der Waals surface area (Å²) in [6, 6.07) is 0.807. The van der Waals surface area contributed by atoms with Crippen LogP contribution < -0.4 is 0 Å². The topological polar surface area (TPSA) is 66.1 Å². The van der Waals surface area contributed by atoms with E-state index in [0.717, 1.165) is 16.7 Å². The van der Waals surface area contributed by atoms with Crippen molar-refractivity contribution in [1.29, 1.82) is 0 Å². The number of nitrogens with zero attached hydrogens (tertiary/aromatic N) is 5.